The van der Waals surface area contributed by atoms with Gasteiger partial charge in [0.2, 0.25) is 0 Å². The molecule has 0 saturated carbocycles. The van der Waals surface area contributed by atoms with Crippen LogP contribution in [0.4, 0.5) is 0 Å². The van der Waals surface area contributed by atoms with Gasteiger partial charge in [0, 0.05) is 25.0 Å². The number of nitrogens with zero attached hydrogens (tertiary/aromatic N) is 2. The van der Waals surface area contributed by atoms with Crippen molar-refractivity contribution in [1.29, 1.82) is 0 Å². The van der Waals surface area contributed by atoms with Crippen LogP contribution in [0.3, 0.4) is 0 Å². The summed E-state index contributed by atoms with van der Waals surface area (Å²) in [4.78, 5) is 4.05. The van der Waals surface area contributed by atoms with Crippen LogP contribution in [-0.2, 0) is 13.0 Å². The van der Waals surface area contributed by atoms with Gasteiger partial charge in [-0.05, 0) is 18.8 Å². The lowest BCUT2D eigenvalue weighted by molar-refractivity contribution is 0.201. The maximum Gasteiger partial charge on any atom is 0.0948 e. The fourth-order valence-corrected chi connectivity index (χ4v) is 1.59. The minimum absolute atomic E-state index is 0.311. The lowest BCUT2D eigenvalue weighted by atomic mass is 9.97. The van der Waals surface area contributed by atoms with Gasteiger partial charge >= 0.3 is 0 Å². The second-order valence-electron chi connectivity index (χ2n) is 3.12. The van der Waals surface area contributed by atoms with Crippen LogP contribution in [0.25, 0.3) is 0 Å². The molecular weight excluding hydrogens is 140 g/mol. The van der Waals surface area contributed by atoms with E-state index in [1.807, 2.05) is 12.5 Å². The van der Waals surface area contributed by atoms with Crippen molar-refractivity contribution in [2.24, 2.45) is 5.92 Å². The highest BCUT2D eigenvalue weighted by molar-refractivity contribution is 5.02. The molecule has 0 saturated heterocycles. The summed E-state index contributed by atoms with van der Waals surface area (Å²) in [5, 5.41) is 8.92. The number of aliphatic hydroxyl groups is 1. The Hall–Kier alpha value is -0.830. The zero-order valence-corrected chi connectivity index (χ0v) is 6.40. The minimum atomic E-state index is 0.311. The molecule has 0 amide bonds. The zero-order chi connectivity index (χ0) is 7.68. The van der Waals surface area contributed by atoms with Crippen molar-refractivity contribution < 1.29 is 5.11 Å². The average Bonchev–Trinajstić information content (AvgIpc) is 2.50. The van der Waals surface area contributed by atoms with Crippen molar-refractivity contribution in [3.63, 3.8) is 0 Å². The molecule has 3 heteroatoms. The number of hydrogen-bond donors (Lipinski definition) is 1. The van der Waals surface area contributed by atoms with Gasteiger partial charge in [-0.3, -0.25) is 0 Å². The molecule has 2 rings (SSSR count). The summed E-state index contributed by atoms with van der Waals surface area (Å²) in [7, 11) is 0. The highest BCUT2D eigenvalue weighted by atomic mass is 16.3. The molecule has 1 atom stereocenters. The van der Waals surface area contributed by atoms with Gasteiger partial charge in [-0.2, -0.15) is 0 Å². The van der Waals surface area contributed by atoms with Crippen LogP contribution in [-0.4, -0.2) is 21.3 Å². The molecule has 2 heterocycles. The molecule has 3 nitrogen and oxygen atoms in total. The second kappa shape index (κ2) is 2.66. The topological polar surface area (TPSA) is 38.0 Å². The predicted molar refractivity (Wildman–Crippen MR) is 41.1 cm³/mol. The van der Waals surface area contributed by atoms with E-state index in [4.69, 9.17) is 5.11 Å². The molecule has 1 N–H and O–H groups in total. The number of fused-ring (bicyclic) bond motifs is 1. The molecule has 0 radical (unpaired) electrons. The fourth-order valence-electron chi connectivity index (χ4n) is 1.59. The fraction of sp³-hybridized carbons (Fsp3) is 0.625. The van der Waals surface area contributed by atoms with Crippen LogP contribution in [0, 0.1) is 5.92 Å². The molecule has 60 valence electrons. The molecule has 11 heavy (non-hydrogen) atoms. The summed E-state index contributed by atoms with van der Waals surface area (Å²) in [6, 6.07) is 0. The number of imidazole rings is 1. The molecule has 1 aliphatic heterocycles. The Bertz CT molecular complexity index is 244. The Labute approximate surface area is 65.7 Å². The first-order chi connectivity index (χ1) is 5.40. The normalized spacial score (nSPS) is 23.2. The van der Waals surface area contributed by atoms with Crippen molar-refractivity contribution in [3.8, 4) is 0 Å². The van der Waals surface area contributed by atoms with Gasteiger partial charge in [0.15, 0.2) is 0 Å². The van der Waals surface area contributed by atoms with Gasteiger partial charge in [-0.25, -0.2) is 4.98 Å². The van der Waals surface area contributed by atoms with Crippen LogP contribution in [0.15, 0.2) is 12.5 Å². The van der Waals surface area contributed by atoms with E-state index in [1.54, 1.807) is 0 Å². The van der Waals surface area contributed by atoms with Crippen molar-refractivity contribution in [2.75, 3.05) is 6.61 Å². The SMILES string of the molecule is OCC1CCn2cncc2C1. The Morgan fingerprint density at radius 2 is 2.64 bits per heavy atom. The first kappa shape index (κ1) is 6.85. The van der Waals surface area contributed by atoms with Crippen molar-refractivity contribution in [2.45, 2.75) is 19.4 Å². The molecule has 0 aromatic carbocycles. The predicted octanol–water partition coefficient (Wildman–Crippen LogP) is 0.438. The van der Waals surface area contributed by atoms with Gasteiger partial charge in [0.05, 0.1) is 6.33 Å². The Kier molecular flexibility index (Phi) is 1.66. The number of aliphatic hydroxyl groups excluding tert-OH is 1. The third-order valence-electron chi connectivity index (χ3n) is 2.33. The Morgan fingerprint density at radius 1 is 1.73 bits per heavy atom. The van der Waals surface area contributed by atoms with E-state index >= 15 is 0 Å². The van der Waals surface area contributed by atoms with Crippen LogP contribution >= 0.6 is 0 Å². The summed E-state index contributed by atoms with van der Waals surface area (Å²) >= 11 is 0. The van der Waals surface area contributed by atoms with Gasteiger partial charge in [-0.1, -0.05) is 0 Å². The molecule has 0 aliphatic carbocycles. The third-order valence-corrected chi connectivity index (χ3v) is 2.33. The molecule has 0 bridgehead atoms. The van der Waals surface area contributed by atoms with Gasteiger partial charge in [0.25, 0.3) is 0 Å². The Morgan fingerprint density at radius 3 is 3.45 bits per heavy atom. The summed E-state index contributed by atoms with van der Waals surface area (Å²) < 4.78 is 2.16. The van der Waals surface area contributed by atoms with E-state index in [9.17, 15) is 0 Å². The van der Waals surface area contributed by atoms with Gasteiger partial charge in [0.1, 0.15) is 0 Å². The maximum absolute atomic E-state index is 8.92. The van der Waals surface area contributed by atoms with Gasteiger partial charge in [-0.15, -0.1) is 0 Å². The monoisotopic (exact) mass is 152 g/mol. The quantitative estimate of drug-likeness (QED) is 0.634. The smallest absolute Gasteiger partial charge is 0.0948 e. The maximum atomic E-state index is 8.92. The number of hydrogen-bond acceptors (Lipinski definition) is 2. The summed E-state index contributed by atoms with van der Waals surface area (Å²) in [6.07, 6.45) is 5.82. The highest BCUT2D eigenvalue weighted by Crippen LogP contribution is 2.18. The molecule has 1 aromatic rings. The lowest BCUT2D eigenvalue weighted by Gasteiger charge is -2.21. The van der Waals surface area contributed by atoms with Crippen LogP contribution in [0.5, 0.6) is 0 Å². The molecule has 0 spiro atoms. The molecular formula is C8H12N2O. The van der Waals surface area contributed by atoms with E-state index in [0.29, 0.717) is 12.5 Å². The number of aromatic nitrogens is 2. The molecule has 0 fully saturated rings. The number of aryl methyl sites for hydroxylation is 1. The van der Waals surface area contributed by atoms with Crippen molar-refractivity contribution in [3.05, 3.63) is 18.2 Å². The van der Waals surface area contributed by atoms with E-state index < -0.39 is 0 Å². The first-order valence-electron chi connectivity index (χ1n) is 4.00. The van der Waals surface area contributed by atoms with Crippen LogP contribution < -0.4 is 0 Å². The summed E-state index contributed by atoms with van der Waals surface area (Å²) in [6.45, 7) is 1.33. The average molecular weight is 152 g/mol. The van der Waals surface area contributed by atoms with Crippen LogP contribution in [0.1, 0.15) is 12.1 Å². The largest absolute Gasteiger partial charge is 0.396 e. The van der Waals surface area contributed by atoms with E-state index in [1.165, 1.54) is 5.69 Å². The van der Waals surface area contributed by atoms with Crippen LogP contribution in [0.2, 0.25) is 0 Å². The van der Waals surface area contributed by atoms with E-state index in [2.05, 4.69) is 9.55 Å². The second-order valence-corrected chi connectivity index (χ2v) is 3.12. The summed E-state index contributed by atoms with van der Waals surface area (Å²) in [5.74, 6) is 0.458. The zero-order valence-electron chi connectivity index (χ0n) is 6.40. The third kappa shape index (κ3) is 1.16. The standard InChI is InChI=1S/C8H12N2O/c11-5-7-1-2-10-6-9-4-8(10)3-7/h4,6-7,11H,1-3,5H2. The molecule has 1 aliphatic rings. The van der Waals surface area contributed by atoms with Crippen molar-refractivity contribution in [1.82, 2.24) is 9.55 Å². The summed E-state index contributed by atoms with van der Waals surface area (Å²) in [5.41, 5.74) is 1.26. The molecule has 1 aromatic heterocycles. The highest BCUT2D eigenvalue weighted by Gasteiger charge is 2.16. The minimum Gasteiger partial charge on any atom is -0.396 e. The van der Waals surface area contributed by atoms with Gasteiger partial charge < -0.3 is 9.67 Å². The first-order valence-corrected chi connectivity index (χ1v) is 4.00. The lowest BCUT2D eigenvalue weighted by Crippen LogP contribution is -2.20. The number of rotatable bonds is 1. The Balaban J connectivity index is 2.18. The molecule has 1 unspecified atom stereocenters. The van der Waals surface area contributed by atoms with Crippen molar-refractivity contribution >= 4 is 0 Å². The van der Waals surface area contributed by atoms with E-state index in [-0.39, 0.29) is 0 Å². The van der Waals surface area contributed by atoms with E-state index in [0.717, 1.165) is 19.4 Å².